The Morgan fingerprint density at radius 3 is 1.03 bits per heavy atom. The van der Waals surface area contributed by atoms with Crippen LogP contribution >= 0.6 is 0 Å². The van der Waals surface area contributed by atoms with Gasteiger partial charge in [-0.25, -0.2) is 0 Å². The van der Waals surface area contributed by atoms with Crippen molar-refractivity contribution >= 4 is 17.6 Å². The lowest BCUT2D eigenvalue weighted by atomic mass is 10.0. The molecule has 0 unspecified atom stereocenters. The average molecular weight is 806 g/mol. The maximum absolute atomic E-state index is 12.0. The second kappa shape index (κ2) is 33.6. The fourth-order valence-electron chi connectivity index (χ4n) is 6.54. The Kier molecular flexibility index (Phi) is 30.1. The van der Waals surface area contributed by atoms with Crippen LogP contribution in [0.25, 0.3) is 0 Å². The molecule has 0 fully saturated rings. The summed E-state index contributed by atoms with van der Waals surface area (Å²) in [5, 5.41) is 2.78. The van der Waals surface area contributed by atoms with Crippen molar-refractivity contribution in [3.05, 3.63) is 135 Å². The molecule has 1 aromatic carbocycles. The standard InChI is InChI=1S/C55H83NO3/c1-44(2)22-14-23-45(3)24-15-25-46(4)26-16-27-47(5)28-17-29-48(6)30-18-31-49(7)32-19-33-50(8)34-20-35-51(9)36-21-37-52(10)42-43-59-55(58)41-40-54(57)56-53-38-12-11-13-39-53/h11-13,22,24,26,28,30,32,34,36,38-39,42H,14-21,23,25,27,29,31,33,35,37,40-41,43H2,1-10H3,(H,56,57)/b45-24+,46-26+,47-28+,48-30+,49-32+,50-34+,51-36+,52-42+. The van der Waals surface area contributed by atoms with E-state index in [0.717, 1.165) is 95.6 Å². The summed E-state index contributed by atoms with van der Waals surface area (Å²) >= 11 is 0. The summed E-state index contributed by atoms with van der Waals surface area (Å²) in [6, 6.07) is 9.24. The van der Waals surface area contributed by atoms with Crippen molar-refractivity contribution < 1.29 is 14.3 Å². The smallest absolute Gasteiger partial charge is 0.306 e. The van der Waals surface area contributed by atoms with Gasteiger partial charge in [-0.2, -0.15) is 0 Å². The molecule has 0 saturated heterocycles. The SMILES string of the molecule is CC(C)=CCC/C(C)=C/CC/C(C)=C/CC/C(C)=C/CC/C(C)=C/CC/C(C)=C/CC/C(C)=C/CC/C(C)=C/CC/C(C)=C/COC(=O)CCC(=O)Nc1ccccc1. The van der Waals surface area contributed by atoms with Crippen molar-refractivity contribution in [1.82, 2.24) is 0 Å². The van der Waals surface area contributed by atoms with E-state index < -0.39 is 0 Å². The summed E-state index contributed by atoms with van der Waals surface area (Å²) in [5.74, 6) is -0.545. The minimum absolute atomic E-state index is 0.0735. The number of para-hydroxylation sites is 1. The number of hydrogen-bond donors (Lipinski definition) is 1. The first-order valence-electron chi connectivity index (χ1n) is 22.6. The minimum atomic E-state index is -0.355. The van der Waals surface area contributed by atoms with Gasteiger partial charge in [0.05, 0.1) is 6.42 Å². The molecule has 0 heterocycles. The lowest BCUT2D eigenvalue weighted by Crippen LogP contribution is -2.14. The Labute approximate surface area is 362 Å². The highest BCUT2D eigenvalue weighted by Crippen LogP contribution is 2.18. The fourth-order valence-corrected chi connectivity index (χ4v) is 6.54. The summed E-state index contributed by atoms with van der Waals surface area (Å²) in [6.45, 7) is 22.6. The van der Waals surface area contributed by atoms with Crippen molar-refractivity contribution in [2.24, 2.45) is 0 Å². The van der Waals surface area contributed by atoms with Crippen molar-refractivity contribution in [2.75, 3.05) is 11.9 Å². The van der Waals surface area contributed by atoms with Gasteiger partial charge in [-0.1, -0.05) is 117 Å². The summed E-state index contributed by atoms with van der Waals surface area (Å²) < 4.78 is 5.30. The van der Waals surface area contributed by atoms with Gasteiger partial charge in [-0.05, 0) is 190 Å². The van der Waals surface area contributed by atoms with Gasteiger partial charge in [0.2, 0.25) is 5.91 Å². The van der Waals surface area contributed by atoms with E-state index in [1.165, 1.54) is 63.0 Å². The van der Waals surface area contributed by atoms with Crippen LogP contribution in [0.4, 0.5) is 5.69 Å². The van der Waals surface area contributed by atoms with Crippen LogP contribution in [-0.4, -0.2) is 18.5 Å². The Bertz CT molecular complexity index is 1650. The quantitative estimate of drug-likeness (QED) is 0.0622. The normalized spacial score (nSPS) is 13.8. The predicted molar refractivity (Wildman–Crippen MR) is 259 cm³/mol. The molecular weight excluding hydrogens is 723 g/mol. The Balaban J connectivity index is 2.20. The zero-order valence-corrected chi connectivity index (χ0v) is 39.2. The van der Waals surface area contributed by atoms with Gasteiger partial charge in [0, 0.05) is 12.1 Å². The molecule has 1 aromatic rings. The number of carbonyl (C=O) groups excluding carboxylic acids is 2. The molecule has 326 valence electrons. The number of allylic oxidation sites excluding steroid dienone is 17. The van der Waals surface area contributed by atoms with E-state index in [0.29, 0.717) is 0 Å². The predicted octanol–water partition coefficient (Wildman–Crippen LogP) is 16.7. The first-order chi connectivity index (χ1) is 28.2. The third kappa shape index (κ3) is 32.4. The minimum Gasteiger partial charge on any atom is -0.461 e. The van der Waals surface area contributed by atoms with Gasteiger partial charge in [0.1, 0.15) is 6.61 Å². The topological polar surface area (TPSA) is 55.4 Å². The van der Waals surface area contributed by atoms with Crippen molar-refractivity contribution in [2.45, 2.75) is 185 Å². The number of rotatable bonds is 30. The number of esters is 1. The summed E-state index contributed by atoms with van der Waals surface area (Å²) in [7, 11) is 0. The number of anilines is 1. The van der Waals surface area contributed by atoms with E-state index in [1.54, 1.807) is 0 Å². The van der Waals surface area contributed by atoms with Crippen LogP contribution in [0.15, 0.2) is 135 Å². The molecule has 4 nitrogen and oxygen atoms in total. The number of carbonyl (C=O) groups is 2. The lowest BCUT2D eigenvalue weighted by Gasteiger charge is -2.06. The maximum Gasteiger partial charge on any atom is 0.306 e. The molecular formula is C55H83NO3. The molecule has 0 spiro atoms. The Morgan fingerprint density at radius 2 is 0.712 bits per heavy atom. The van der Waals surface area contributed by atoms with Crippen LogP contribution in [0.2, 0.25) is 0 Å². The van der Waals surface area contributed by atoms with Crippen LogP contribution in [-0.2, 0) is 14.3 Å². The summed E-state index contributed by atoms with van der Waals surface area (Å²) in [6.07, 6.45) is 39.3. The molecule has 0 aliphatic rings. The second-order valence-corrected chi connectivity index (χ2v) is 17.1. The number of benzene rings is 1. The molecule has 1 amide bonds. The van der Waals surface area contributed by atoms with Crippen LogP contribution in [0.3, 0.4) is 0 Å². The molecule has 4 heteroatoms. The Hall–Kier alpha value is -4.18. The zero-order chi connectivity index (χ0) is 43.7. The van der Waals surface area contributed by atoms with Gasteiger partial charge >= 0.3 is 5.97 Å². The van der Waals surface area contributed by atoms with Crippen LogP contribution in [0.1, 0.15) is 185 Å². The molecule has 0 saturated carbocycles. The molecule has 59 heavy (non-hydrogen) atoms. The molecule has 1 N–H and O–H groups in total. The first kappa shape index (κ1) is 52.8. The number of nitrogens with one attached hydrogen (secondary N) is 1. The van der Waals surface area contributed by atoms with Crippen LogP contribution in [0.5, 0.6) is 0 Å². The van der Waals surface area contributed by atoms with Crippen LogP contribution < -0.4 is 5.32 Å². The number of ether oxygens (including phenoxy) is 1. The zero-order valence-electron chi connectivity index (χ0n) is 39.2. The van der Waals surface area contributed by atoms with Gasteiger partial charge in [0.15, 0.2) is 0 Å². The highest BCUT2D eigenvalue weighted by molar-refractivity contribution is 5.92. The van der Waals surface area contributed by atoms with E-state index in [1.807, 2.05) is 36.4 Å². The third-order valence-electron chi connectivity index (χ3n) is 10.6. The second-order valence-electron chi connectivity index (χ2n) is 17.1. The van der Waals surface area contributed by atoms with E-state index in [9.17, 15) is 9.59 Å². The van der Waals surface area contributed by atoms with Gasteiger partial charge in [0.25, 0.3) is 0 Å². The molecule has 0 aliphatic heterocycles. The highest BCUT2D eigenvalue weighted by Gasteiger charge is 2.08. The molecule has 1 rings (SSSR count). The molecule has 0 aliphatic carbocycles. The van der Waals surface area contributed by atoms with E-state index in [2.05, 4.69) is 123 Å². The lowest BCUT2D eigenvalue weighted by molar-refractivity contribution is -0.143. The van der Waals surface area contributed by atoms with E-state index in [-0.39, 0.29) is 31.3 Å². The molecule has 0 bridgehead atoms. The molecule has 0 aromatic heterocycles. The van der Waals surface area contributed by atoms with Crippen molar-refractivity contribution in [3.8, 4) is 0 Å². The number of hydrogen-bond acceptors (Lipinski definition) is 3. The van der Waals surface area contributed by atoms with E-state index >= 15 is 0 Å². The van der Waals surface area contributed by atoms with Gasteiger partial charge < -0.3 is 10.1 Å². The van der Waals surface area contributed by atoms with E-state index in [4.69, 9.17) is 4.74 Å². The van der Waals surface area contributed by atoms with Crippen molar-refractivity contribution in [3.63, 3.8) is 0 Å². The largest absolute Gasteiger partial charge is 0.461 e. The Morgan fingerprint density at radius 1 is 0.407 bits per heavy atom. The molecule has 0 radical (unpaired) electrons. The summed E-state index contributed by atoms with van der Waals surface area (Å²) in [5.41, 5.74) is 13.8. The maximum atomic E-state index is 12.0. The summed E-state index contributed by atoms with van der Waals surface area (Å²) in [4.78, 5) is 24.1. The third-order valence-corrected chi connectivity index (χ3v) is 10.6. The average Bonchev–Trinajstić information content (AvgIpc) is 3.17. The van der Waals surface area contributed by atoms with Crippen molar-refractivity contribution in [1.29, 1.82) is 0 Å². The van der Waals surface area contributed by atoms with Crippen LogP contribution in [0, 0.1) is 0 Å². The van der Waals surface area contributed by atoms with Gasteiger partial charge in [-0.3, -0.25) is 9.59 Å². The number of amides is 1. The monoisotopic (exact) mass is 806 g/mol. The fraction of sp³-hybridized carbons (Fsp3) is 0.527. The molecule has 0 atom stereocenters. The highest BCUT2D eigenvalue weighted by atomic mass is 16.5. The van der Waals surface area contributed by atoms with Gasteiger partial charge in [-0.15, -0.1) is 0 Å². The first-order valence-corrected chi connectivity index (χ1v) is 22.6.